The molecule has 0 aliphatic rings. The molecule has 124 valence electrons. The number of carbonyl (C=O) groups excluding carboxylic acids is 1. The molecule has 0 saturated carbocycles. The topological polar surface area (TPSA) is 98.5 Å². The number of amides is 1. The minimum atomic E-state index is -3.25. The molecule has 0 heterocycles. The Morgan fingerprint density at radius 1 is 1.27 bits per heavy atom. The van der Waals surface area contributed by atoms with Gasteiger partial charge in [-0.15, -0.1) is 0 Å². The second kappa shape index (κ2) is 7.11. The first-order valence-electron chi connectivity index (χ1n) is 7.10. The lowest BCUT2D eigenvalue weighted by molar-refractivity contribution is 0.0949. The summed E-state index contributed by atoms with van der Waals surface area (Å²) in [5, 5.41) is 2.69. The zero-order valence-electron chi connectivity index (χ0n) is 13.4. The third-order valence-electron chi connectivity index (χ3n) is 2.93. The van der Waals surface area contributed by atoms with Gasteiger partial charge in [0.15, 0.2) is 9.84 Å². The van der Waals surface area contributed by atoms with Gasteiger partial charge in [-0.1, -0.05) is 19.1 Å². The van der Waals surface area contributed by atoms with Gasteiger partial charge in [0.2, 0.25) is 0 Å². The van der Waals surface area contributed by atoms with E-state index in [1.807, 2.05) is 20.8 Å². The van der Waals surface area contributed by atoms with Gasteiger partial charge in [-0.05, 0) is 38.5 Å². The average Bonchev–Trinajstić information content (AvgIpc) is 2.43. The highest BCUT2D eigenvalue weighted by Gasteiger charge is 2.20. The van der Waals surface area contributed by atoms with Crippen molar-refractivity contribution in [1.29, 1.82) is 0 Å². The highest BCUT2D eigenvalue weighted by molar-refractivity contribution is 7.91. The van der Waals surface area contributed by atoms with Crippen molar-refractivity contribution in [2.45, 2.75) is 44.2 Å². The van der Waals surface area contributed by atoms with Gasteiger partial charge in [-0.3, -0.25) is 0 Å². The molecule has 0 aliphatic carbocycles. The summed E-state index contributed by atoms with van der Waals surface area (Å²) in [5.41, 5.74) is 5.89. The van der Waals surface area contributed by atoms with E-state index in [0.717, 1.165) is 0 Å². The van der Waals surface area contributed by atoms with Crippen LogP contribution in [0.5, 0.6) is 0 Å². The van der Waals surface area contributed by atoms with E-state index in [9.17, 15) is 13.2 Å². The van der Waals surface area contributed by atoms with Crippen LogP contribution >= 0.6 is 0 Å². The molecule has 6 nitrogen and oxygen atoms in total. The van der Waals surface area contributed by atoms with Crippen LogP contribution in [0.3, 0.4) is 0 Å². The summed E-state index contributed by atoms with van der Waals surface area (Å²) in [6, 6.07) is 6.23. The molecule has 0 aliphatic heterocycles. The summed E-state index contributed by atoms with van der Waals surface area (Å²) in [4.78, 5) is 12.0. The van der Waals surface area contributed by atoms with Crippen LogP contribution in [0.4, 0.5) is 4.79 Å². The zero-order valence-corrected chi connectivity index (χ0v) is 14.2. The Kier molecular flexibility index (Phi) is 5.96. The van der Waals surface area contributed by atoms with Gasteiger partial charge in [0, 0.05) is 12.1 Å². The van der Waals surface area contributed by atoms with E-state index in [1.54, 1.807) is 19.1 Å². The van der Waals surface area contributed by atoms with E-state index < -0.39 is 27.6 Å². The van der Waals surface area contributed by atoms with E-state index in [-0.39, 0.29) is 17.2 Å². The van der Waals surface area contributed by atoms with E-state index in [1.165, 1.54) is 12.1 Å². The van der Waals surface area contributed by atoms with Crippen LogP contribution in [0.2, 0.25) is 0 Å². The molecular weight excluding hydrogens is 304 g/mol. The predicted molar refractivity (Wildman–Crippen MR) is 85.3 cm³/mol. The van der Waals surface area contributed by atoms with E-state index in [0.29, 0.717) is 5.56 Å². The van der Waals surface area contributed by atoms with E-state index in [4.69, 9.17) is 10.5 Å². The van der Waals surface area contributed by atoms with Crippen molar-refractivity contribution in [2.24, 2.45) is 5.73 Å². The third kappa shape index (κ3) is 5.31. The molecule has 0 aromatic heterocycles. The lowest BCUT2D eigenvalue weighted by atomic mass is 10.1. The Morgan fingerprint density at radius 2 is 1.82 bits per heavy atom. The Labute approximate surface area is 132 Å². The maximum atomic E-state index is 11.8. The van der Waals surface area contributed by atoms with Crippen molar-refractivity contribution in [3.8, 4) is 0 Å². The van der Waals surface area contributed by atoms with Gasteiger partial charge in [0.1, 0.15) is 6.10 Å². The number of rotatable bonds is 5. The normalized spacial score (nSPS) is 13.5. The van der Waals surface area contributed by atoms with Crippen molar-refractivity contribution in [3.63, 3.8) is 0 Å². The zero-order chi connectivity index (χ0) is 17.0. The van der Waals surface area contributed by atoms with Crippen molar-refractivity contribution in [1.82, 2.24) is 5.32 Å². The fraction of sp³-hybridized carbons (Fsp3) is 0.533. The lowest BCUT2D eigenvalue weighted by Crippen LogP contribution is -2.41. The highest BCUT2D eigenvalue weighted by atomic mass is 32.2. The monoisotopic (exact) mass is 328 g/mol. The quantitative estimate of drug-likeness (QED) is 0.861. The van der Waals surface area contributed by atoms with Gasteiger partial charge < -0.3 is 15.8 Å². The van der Waals surface area contributed by atoms with Crippen LogP contribution in [-0.2, 0) is 14.6 Å². The number of ether oxygens (including phenoxy) is 1. The first-order chi connectivity index (χ1) is 10.1. The van der Waals surface area contributed by atoms with Gasteiger partial charge in [-0.2, -0.15) is 0 Å². The maximum absolute atomic E-state index is 11.8. The van der Waals surface area contributed by atoms with Crippen LogP contribution in [0.25, 0.3) is 0 Å². The Balaban J connectivity index is 2.86. The number of hydrogen-bond donors (Lipinski definition) is 2. The van der Waals surface area contributed by atoms with Crippen molar-refractivity contribution < 1.29 is 17.9 Å². The molecule has 1 rings (SSSR count). The van der Waals surface area contributed by atoms with E-state index in [2.05, 4.69) is 5.32 Å². The average molecular weight is 328 g/mol. The van der Waals surface area contributed by atoms with Crippen LogP contribution in [0.1, 0.15) is 39.4 Å². The van der Waals surface area contributed by atoms with Crippen molar-refractivity contribution in [2.75, 3.05) is 12.3 Å². The first kappa shape index (κ1) is 18.4. The van der Waals surface area contributed by atoms with E-state index >= 15 is 0 Å². The SMILES string of the molecule is CCS(=O)(=O)c1ccc(C(CN)OC(=O)NC(C)(C)C)cc1. The fourth-order valence-corrected chi connectivity index (χ4v) is 2.66. The van der Waals surface area contributed by atoms with Crippen LogP contribution in [0.15, 0.2) is 29.2 Å². The molecule has 1 aromatic rings. The molecule has 0 bridgehead atoms. The largest absolute Gasteiger partial charge is 0.440 e. The summed E-state index contributed by atoms with van der Waals surface area (Å²) in [6.45, 7) is 7.23. The lowest BCUT2D eigenvalue weighted by Gasteiger charge is -2.23. The van der Waals surface area contributed by atoms with Crippen LogP contribution in [0, 0.1) is 0 Å². The molecule has 22 heavy (non-hydrogen) atoms. The standard InChI is InChI=1S/C15H24N2O4S/c1-5-22(19,20)12-8-6-11(7-9-12)13(10-16)21-14(18)17-15(2,3)4/h6-9,13H,5,10,16H2,1-4H3,(H,17,18). The number of benzene rings is 1. The minimum absolute atomic E-state index is 0.0388. The second-order valence-electron chi connectivity index (χ2n) is 5.98. The predicted octanol–water partition coefficient (Wildman–Crippen LogP) is 2.00. The molecule has 1 amide bonds. The number of nitrogens with one attached hydrogen (secondary N) is 1. The summed E-state index contributed by atoms with van der Waals surface area (Å²) >= 11 is 0. The molecule has 3 N–H and O–H groups in total. The summed E-state index contributed by atoms with van der Waals surface area (Å²) in [5.74, 6) is 0.0388. The summed E-state index contributed by atoms with van der Waals surface area (Å²) in [6.07, 6.45) is -1.19. The molecular formula is C15H24N2O4S. The summed E-state index contributed by atoms with van der Waals surface area (Å²) in [7, 11) is -3.25. The Morgan fingerprint density at radius 3 is 2.23 bits per heavy atom. The summed E-state index contributed by atoms with van der Waals surface area (Å²) < 4.78 is 28.8. The Hall–Kier alpha value is -1.60. The molecule has 1 atom stereocenters. The number of alkyl carbamates (subject to hydrolysis) is 1. The molecule has 7 heteroatoms. The van der Waals surface area contributed by atoms with Gasteiger partial charge in [0.05, 0.1) is 10.6 Å². The fourth-order valence-electron chi connectivity index (χ4n) is 1.77. The van der Waals surface area contributed by atoms with Crippen LogP contribution < -0.4 is 11.1 Å². The molecule has 0 radical (unpaired) electrons. The molecule has 0 saturated heterocycles. The molecule has 0 fully saturated rings. The Bertz CT molecular complexity index is 603. The highest BCUT2D eigenvalue weighted by Crippen LogP contribution is 2.20. The van der Waals surface area contributed by atoms with Gasteiger partial charge in [-0.25, -0.2) is 13.2 Å². The third-order valence-corrected chi connectivity index (χ3v) is 4.68. The molecule has 0 spiro atoms. The number of sulfone groups is 1. The van der Waals surface area contributed by atoms with Crippen LogP contribution in [-0.4, -0.2) is 32.3 Å². The smallest absolute Gasteiger partial charge is 0.408 e. The van der Waals surface area contributed by atoms with Crippen molar-refractivity contribution in [3.05, 3.63) is 29.8 Å². The number of nitrogens with two attached hydrogens (primary N) is 1. The molecule has 1 aromatic carbocycles. The van der Waals surface area contributed by atoms with Crippen molar-refractivity contribution >= 4 is 15.9 Å². The second-order valence-corrected chi connectivity index (χ2v) is 8.26. The van der Waals surface area contributed by atoms with Gasteiger partial charge in [0.25, 0.3) is 0 Å². The number of carbonyl (C=O) groups is 1. The molecule has 1 unspecified atom stereocenters. The first-order valence-corrected chi connectivity index (χ1v) is 8.76. The number of hydrogen-bond acceptors (Lipinski definition) is 5. The van der Waals surface area contributed by atoms with Gasteiger partial charge >= 0.3 is 6.09 Å². The minimum Gasteiger partial charge on any atom is -0.440 e. The maximum Gasteiger partial charge on any atom is 0.408 e.